The van der Waals surface area contributed by atoms with Crippen molar-refractivity contribution in [1.82, 2.24) is 4.90 Å². The van der Waals surface area contributed by atoms with Gasteiger partial charge in [-0.15, -0.1) is 0 Å². The molecule has 0 saturated carbocycles. The molecule has 0 aliphatic carbocycles. The number of nitrogens with zero attached hydrogens (tertiary/aromatic N) is 2. The number of ether oxygens (including phenoxy) is 1. The molecule has 0 spiro atoms. The Hall–Kier alpha value is -1.75. The molecule has 1 fully saturated rings. The second-order valence-corrected chi connectivity index (χ2v) is 4.44. The summed E-state index contributed by atoms with van der Waals surface area (Å²) in [5, 5.41) is 11.6. The van der Waals surface area contributed by atoms with Gasteiger partial charge in [-0.25, -0.2) is 0 Å². The van der Waals surface area contributed by atoms with Crippen molar-refractivity contribution in [2.75, 3.05) is 13.1 Å². The molecular weight excluding hydrogens is 230 g/mol. The van der Waals surface area contributed by atoms with Crippen molar-refractivity contribution in [1.29, 1.82) is 0 Å². The Morgan fingerprint density at radius 2 is 2.00 bits per heavy atom. The molecule has 1 saturated heterocycles. The normalized spacial score (nSPS) is 18.0. The average molecular weight is 249 g/mol. The second kappa shape index (κ2) is 6.26. The minimum absolute atomic E-state index is 0.191. The molecule has 0 radical (unpaired) electrons. The van der Waals surface area contributed by atoms with Crippen LogP contribution in [0.15, 0.2) is 35.5 Å². The van der Waals surface area contributed by atoms with Gasteiger partial charge in [0, 0.05) is 13.1 Å². The lowest BCUT2D eigenvalue weighted by molar-refractivity contribution is 0.00781. The fourth-order valence-electron chi connectivity index (χ4n) is 2.10. The molecule has 1 aliphatic heterocycles. The van der Waals surface area contributed by atoms with Crippen LogP contribution >= 0.6 is 0 Å². The molecule has 0 unspecified atom stereocenters. The highest BCUT2D eigenvalue weighted by Crippen LogP contribution is 2.15. The summed E-state index contributed by atoms with van der Waals surface area (Å²) < 4.78 is 5.86. The average Bonchev–Trinajstić information content (AvgIpc) is 2.46. The summed E-state index contributed by atoms with van der Waals surface area (Å²) in [5.74, 6) is 0.191. The molecule has 0 atom stereocenters. The number of hydrogen-bond acceptors (Lipinski definition) is 3. The van der Waals surface area contributed by atoms with Gasteiger partial charge in [-0.2, -0.15) is 0 Å². The Morgan fingerprint density at radius 1 is 1.33 bits per heavy atom. The maximum Gasteiger partial charge on any atom is 0.233 e. The summed E-state index contributed by atoms with van der Waals surface area (Å²) >= 11 is 0. The number of oxime groups is 1. The van der Waals surface area contributed by atoms with E-state index in [4.69, 9.17) is 15.7 Å². The smallest absolute Gasteiger partial charge is 0.233 e. The lowest BCUT2D eigenvalue weighted by atomic mass is 10.1. The van der Waals surface area contributed by atoms with Crippen molar-refractivity contribution < 1.29 is 9.94 Å². The monoisotopic (exact) mass is 249 g/mol. The number of hydrogen-bond donors (Lipinski definition) is 2. The lowest BCUT2D eigenvalue weighted by Crippen LogP contribution is -2.44. The SMILES string of the molecule is N/C(=N/O)N1CCC(OCc2ccccc2)CC1. The van der Waals surface area contributed by atoms with Crippen molar-refractivity contribution >= 4 is 5.96 Å². The number of rotatable bonds is 3. The molecule has 18 heavy (non-hydrogen) atoms. The van der Waals surface area contributed by atoms with E-state index in [0.717, 1.165) is 25.9 Å². The highest BCUT2D eigenvalue weighted by Gasteiger charge is 2.20. The molecular formula is C13H19N3O2. The van der Waals surface area contributed by atoms with Gasteiger partial charge in [-0.05, 0) is 18.4 Å². The fourth-order valence-corrected chi connectivity index (χ4v) is 2.10. The number of piperidine rings is 1. The van der Waals surface area contributed by atoms with Crippen LogP contribution in [0.25, 0.3) is 0 Å². The van der Waals surface area contributed by atoms with Gasteiger partial charge in [-0.1, -0.05) is 35.5 Å². The Bertz CT molecular complexity index is 386. The van der Waals surface area contributed by atoms with Gasteiger partial charge in [0.05, 0.1) is 12.7 Å². The van der Waals surface area contributed by atoms with Gasteiger partial charge in [-0.3, -0.25) is 0 Å². The van der Waals surface area contributed by atoms with Crippen molar-refractivity contribution in [2.45, 2.75) is 25.6 Å². The highest BCUT2D eigenvalue weighted by molar-refractivity contribution is 5.77. The molecule has 0 aromatic heterocycles. The predicted molar refractivity (Wildman–Crippen MR) is 69.2 cm³/mol. The van der Waals surface area contributed by atoms with Crippen LogP contribution in [0.4, 0.5) is 0 Å². The third-order valence-electron chi connectivity index (χ3n) is 3.20. The summed E-state index contributed by atoms with van der Waals surface area (Å²) in [7, 11) is 0. The maximum atomic E-state index is 8.60. The van der Waals surface area contributed by atoms with E-state index < -0.39 is 0 Å². The molecule has 0 bridgehead atoms. The van der Waals surface area contributed by atoms with Crippen molar-refractivity contribution in [3.8, 4) is 0 Å². The second-order valence-electron chi connectivity index (χ2n) is 4.44. The first-order chi connectivity index (χ1) is 8.79. The molecule has 98 valence electrons. The number of likely N-dealkylation sites (tertiary alicyclic amines) is 1. The summed E-state index contributed by atoms with van der Waals surface area (Å²) in [6, 6.07) is 10.1. The van der Waals surface area contributed by atoms with E-state index >= 15 is 0 Å². The summed E-state index contributed by atoms with van der Waals surface area (Å²) in [5.41, 5.74) is 6.73. The topological polar surface area (TPSA) is 71.1 Å². The summed E-state index contributed by atoms with van der Waals surface area (Å²) in [6.45, 7) is 2.19. The number of nitrogens with two attached hydrogens (primary N) is 1. The molecule has 5 nitrogen and oxygen atoms in total. The summed E-state index contributed by atoms with van der Waals surface area (Å²) in [6.07, 6.45) is 2.07. The zero-order valence-electron chi connectivity index (χ0n) is 10.3. The predicted octanol–water partition coefficient (Wildman–Crippen LogP) is 1.37. The van der Waals surface area contributed by atoms with Crippen LogP contribution in [0, 0.1) is 0 Å². The number of benzene rings is 1. The highest BCUT2D eigenvalue weighted by atomic mass is 16.5. The lowest BCUT2D eigenvalue weighted by Gasteiger charge is -2.31. The quantitative estimate of drug-likeness (QED) is 0.367. The fraction of sp³-hybridized carbons (Fsp3) is 0.462. The van der Waals surface area contributed by atoms with E-state index in [1.807, 2.05) is 23.1 Å². The van der Waals surface area contributed by atoms with Crippen LogP contribution in [0.2, 0.25) is 0 Å². The molecule has 3 N–H and O–H groups in total. The standard InChI is InChI=1S/C13H19N3O2/c14-13(15-17)16-8-6-12(7-9-16)18-10-11-4-2-1-3-5-11/h1-5,12,17H,6-10H2,(H2,14,15). The Labute approximate surface area is 107 Å². The molecule has 1 heterocycles. The maximum absolute atomic E-state index is 8.60. The molecule has 1 aliphatic rings. The van der Waals surface area contributed by atoms with Crippen molar-refractivity contribution in [2.24, 2.45) is 10.9 Å². The van der Waals surface area contributed by atoms with E-state index in [9.17, 15) is 0 Å². The van der Waals surface area contributed by atoms with E-state index in [1.54, 1.807) is 0 Å². The molecule has 0 amide bonds. The zero-order chi connectivity index (χ0) is 12.8. The molecule has 5 heteroatoms. The Balaban J connectivity index is 1.74. The largest absolute Gasteiger partial charge is 0.408 e. The van der Waals surface area contributed by atoms with Gasteiger partial charge in [0.25, 0.3) is 0 Å². The molecule has 2 rings (SSSR count). The Morgan fingerprint density at radius 3 is 2.61 bits per heavy atom. The van der Waals surface area contributed by atoms with Gasteiger partial charge < -0.3 is 20.6 Å². The van der Waals surface area contributed by atoms with Crippen LogP contribution < -0.4 is 5.73 Å². The first-order valence-electron chi connectivity index (χ1n) is 6.17. The van der Waals surface area contributed by atoms with E-state index in [-0.39, 0.29) is 12.1 Å². The number of guanidine groups is 1. The third kappa shape index (κ3) is 3.37. The summed E-state index contributed by atoms with van der Waals surface area (Å²) in [4.78, 5) is 1.86. The van der Waals surface area contributed by atoms with Crippen LogP contribution in [0.1, 0.15) is 18.4 Å². The van der Waals surface area contributed by atoms with Gasteiger partial charge in [0.1, 0.15) is 0 Å². The van der Waals surface area contributed by atoms with Crippen molar-refractivity contribution in [3.63, 3.8) is 0 Å². The molecule has 1 aromatic carbocycles. The molecule has 1 aromatic rings. The van der Waals surface area contributed by atoms with Crippen LogP contribution in [0.5, 0.6) is 0 Å². The first kappa shape index (κ1) is 12.7. The van der Waals surface area contributed by atoms with Crippen LogP contribution in [-0.4, -0.2) is 35.3 Å². The zero-order valence-corrected chi connectivity index (χ0v) is 10.3. The Kier molecular flexibility index (Phi) is 4.41. The van der Waals surface area contributed by atoms with Crippen LogP contribution in [0.3, 0.4) is 0 Å². The minimum atomic E-state index is 0.191. The van der Waals surface area contributed by atoms with E-state index in [0.29, 0.717) is 6.61 Å². The van der Waals surface area contributed by atoms with E-state index in [1.165, 1.54) is 5.56 Å². The van der Waals surface area contributed by atoms with Gasteiger partial charge >= 0.3 is 0 Å². The van der Waals surface area contributed by atoms with E-state index in [2.05, 4.69) is 17.3 Å². The third-order valence-corrected chi connectivity index (χ3v) is 3.20. The minimum Gasteiger partial charge on any atom is -0.408 e. The van der Waals surface area contributed by atoms with Gasteiger partial charge in [0.15, 0.2) is 0 Å². The first-order valence-corrected chi connectivity index (χ1v) is 6.17. The van der Waals surface area contributed by atoms with Crippen LogP contribution in [-0.2, 0) is 11.3 Å². The van der Waals surface area contributed by atoms with Gasteiger partial charge in [0.2, 0.25) is 5.96 Å². The van der Waals surface area contributed by atoms with Crippen molar-refractivity contribution in [3.05, 3.63) is 35.9 Å².